The molecule has 1 aromatic heterocycles. The minimum atomic E-state index is 0.219. The minimum Gasteiger partial charge on any atom is -0.367 e. The predicted molar refractivity (Wildman–Crippen MR) is 42.6 cm³/mol. The molecule has 0 bridgehead atoms. The fraction of sp³-hybridized carbons (Fsp3) is 0.500. The summed E-state index contributed by atoms with van der Waals surface area (Å²) in [7, 11) is 0. The van der Waals surface area contributed by atoms with Crippen LogP contribution in [0.1, 0.15) is 31.4 Å². The monoisotopic (exact) mass is 138 g/mol. The van der Waals surface area contributed by atoms with E-state index in [0.717, 1.165) is 12.8 Å². The Bertz CT molecular complexity index is 167. The molecule has 0 radical (unpaired) electrons. The van der Waals surface area contributed by atoms with Gasteiger partial charge in [-0.25, -0.2) is 0 Å². The van der Waals surface area contributed by atoms with E-state index >= 15 is 0 Å². The van der Waals surface area contributed by atoms with Gasteiger partial charge < -0.3 is 10.7 Å². The third kappa shape index (κ3) is 1.61. The Balaban J connectivity index is 2.50. The van der Waals surface area contributed by atoms with E-state index in [4.69, 9.17) is 5.73 Å². The summed E-state index contributed by atoms with van der Waals surface area (Å²) in [6, 6.07) is 2.25. The highest BCUT2D eigenvalue weighted by molar-refractivity contribution is 5.12. The minimum absolute atomic E-state index is 0.219. The van der Waals surface area contributed by atoms with Crippen LogP contribution in [0, 0.1) is 0 Å². The lowest BCUT2D eigenvalue weighted by molar-refractivity contribution is 0.639. The van der Waals surface area contributed by atoms with E-state index in [2.05, 4.69) is 11.9 Å². The zero-order valence-electron chi connectivity index (χ0n) is 6.30. The van der Waals surface area contributed by atoms with Gasteiger partial charge in [-0.05, 0) is 18.1 Å². The maximum Gasteiger partial charge on any atom is 0.0309 e. The molecule has 1 heterocycles. The smallest absolute Gasteiger partial charge is 0.0309 e. The lowest BCUT2D eigenvalue weighted by atomic mass is 10.1. The molecule has 56 valence electrons. The topological polar surface area (TPSA) is 41.8 Å². The van der Waals surface area contributed by atoms with Crippen molar-refractivity contribution < 1.29 is 0 Å². The highest BCUT2D eigenvalue weighted by Crippen LogP contribution is 2.13. The first-order valence-corrected chi connectivity index (χ1v) is 3.73. The third-order valence-corrected chi connectivity index (χ3v) is 1.65. The fourth-order valence-electron chi connectivity index (χ4n) is 1.05. The Morgan fingerprint density at radius 3 is 3.00 bits per heavy atom. The molecule has 0 saturated heterocycles. The van der Waals surface area contributed by atoms with Gasteiger partial charge in [-0.2, -0.15) is 0 Å². The molecule has 0 aliphatic rings. The van der Waals surface area contributed by atoms with Crippen LogP contribution in [-0.2, 0) is 0 Å². The summed E-state index contributed by atoms with van der Waals surface area (Å²) < 4.78 is 0. The van der Waals surface area contributed by atoms with Gasteiger partial charge in [-0.1, -0.05) is 13.3 Å². The molecule has 0 fully saturated rings. The number of nitrogens with two attached hydrogens (primary N) is 1. The second kappa shape index (κ2) is 3.42. The summed E-state index contributed by atoms with van der Waals surface area (Å²) in [5.41, 5.74) is 7.04. The summed E-state index contributed by atoms with van der Waals surface area (Å²) >= 11 is 0. The summed E-state index contributed by atoms with van der Waals surface area (Å²) in [5, 5.41) is 0. The van der Waals surface area contributed by atoms with Crippen LogP contribution >= 0.6 is 0 Å². The van der Waals surface area contributed by atoms with E-state index in [1.807, 2.05) is 18.5 Å². The number of hydrogen-bond donors (Lipinski definition) is 2. The van der Waals surface area contributed by atoms with Gasteiger partial charge in [0.15, 0.2) is 0 Å². The Kier molecular flexibility index (Phi) is 2.51. The molecular weight excluding hydrogens is 124 g/mol. The number of aromatic nitrogens is 1. The van der Waals surface area contributed by atoms with Crippen molar-refractivity contribution in [2.24, 2.45) is 5.73 Å². The van der Waals surface area contributed by atoms with Gasteiger partial charge in [0.1, 0.15) is 0 Å². The molecule has 1 rings (SSSR count). The van der Waals surface area contributed by atoms with Gasteiger partial charge >= 0.3 is 0 Å². The van der Waals surface area contributed by atoms with Crippen molar-refractivity contribution in [2.75, 3.05) is 0 Å². The first kappa shape index (κ1) is 7.35. The standard InChI is InChI=1S/C8H14N2/c1-2-3-8(9)7-4-5-10-6-7/h4-6,8,10H,2-3,9H2,1H3. The van der Waals surface area contributed by atoms with Crippen LogP contribution in [0.5, 0.6) is 0 Å². The molecule has 0 spiro atoms. The van der Waals surface area contributed by atoms with Gasteiger partial charge in [-0.15, -0.1) is 0 Å². The van der Waals surface area contributed by atoms with Gasteiger partial charge in [0.05, 0.1) is 0 Å². The second-order valence-corrected chi connectivity index (χ2v) is 2.54. The van der Waals surface area contributed by atoms with Crippen molar-refractivity contribution in [3.05, 3.63) is 24.0 Å². The fourth-order valence-corrected chi connectivity index (χ4v) is 1.05. The Morgan fingerprint density at radius 1 is 1.70 bits per heavy atom. The van der Waals surface area contributed by atoms with Crippen LogP contribution in [0.25, 0.3) is 0 Å². The van der Waals surface area contributed by atoms with E-state index in [-0.39, 0.29) is 6.04 Å². The summed E-state index contributed by atoms with van der Waals surface area (Å²) in [6.45, 7) is 2.15. The molecule has 0 amide bonds. The SMILES string of the molecule is CCCC(N)c1cc[nH]c1. The van der Waals surface area contributed by atoms with Gasteiger partial charge in [0.2, 0.25) is 0 Å². The zero-order valence-corrected chi connectivity index (χ0v) is 6.30. The van der Waals surface area contributed by atoms with Crippen LogP contribution in [-0.4, -0.2) is 4.98 Å². The van der Waals surface area contributed by atoms with Crippen molar-refractivity contribution in [1.29, 1.82) is 0 Å². The van der Waals surface area contributed by atoms with E-state index in [1.165, 1.54) is 5.56 Å². The molecule has 0 aliphatic carbocycles. The van der Waals surface area contributed by atoms with Crippen molar-refractivity contribution in [3.8, 4) is 0 Å². The number of H-pyrrole nitrogens is 1. The van der Waals surface area contributed by atoms with Crippen LogP contribution in [0.15, 0.2) is 18.5 Å². The largest absolute Gasteiger partial charge is 0.367 e. The molecule has 1 atom stereocenters. The van der Waals surface area contributed by atoms with Crippen LogP contribution in [0.4, 0.5) is 0 Å². The first-order chi connectivity index (χ1) is 4.84. The van der Waals surface area contributed by atoms with Gasteiger partial charge in [0, 0.05) is 18.4 Å². The molecule has 10 heavy (non-hydrogen) atoms. The van der Waals surface area contributed by atoms with Gasteiger partial charge in [0.25, 0.3) is 0 Å². The molecule has 1 aromatic rings. The van der Waals surface area contributed by atoms with Crippen molar-refractivity contribution in [1.82, 2.24) is 4.98 Å². The van der Waals surface area contributed by atoms with Crippen molar-refractivity contribution in [2.45, 2.75) is 25.8 Å². The Morgan fingerprint density at radius 2 is 2.50 bits per heavy atom. The second-order valence-electron chi connectivity index (χ2n) is 2.54. The summed E-state index contributed by atoms with van der Waals surface area (Å²) in [5.74, 6) is 0. The lowest BCUT2D eigenvalue weighted by Crippen LogP contribution is -2.08. The molecule has 0 aliphatic heterocycles. The maximum atomic E-state index is 5.83. The molecule has 1 unspecified atom stereocenters. The van der Waals surface area contributed by atoms with Crippen LogP contribution in [0.2, 0.25) is 0 Å². The third-order valence-electron chi connectivity index (χ3n) is 1.65. The molecule has 0 saturated carbocycles. The highest BCUT2D eigenvalue weighted by atomic mass is 14.7. The number of rotatable bonds is 3. The molecular formula is C8H14N2. The Labute approximate surface area is 61.4 Å². The zero-order chi connectivity index (χ0) is 7.40. The predicted octanol–water partition coefficient (Wildman–Crippen LogP) is 1.81. The van der Waals surface area contributed by atoms with E-state index < -0.39 is 0 Å². The van der Waals surface area contributed by atoms with Crippen molar-refractivity contribution in [3.63, 3.8) is 0 Å². The maximum absolute atomic E-state index is 5.83. The van der Waals surface area contributed by atoms with E-state index in [9.17, 15) is 0 Å². The molecule has 3 N–H and O–H groups in total. The molecule has 2 nitrogen and oxygen atoms in total. The van der Waals surface area contributed by atoms with E-state index in [0.29, 0.717) is 0 Å². The normalized spacial score (nSPS) is 13.4. The van der Waals surface area contributed by atoms with Crippen LogP contribution < -0.4 is 5.73 Å². The molecule has 2 heteroatoms. The number of nitrogens with one attached hydrogen (secondary N) is 1. The summed E-state index contributed by atoms with van der Waals surface area (Å²) in [4.78, 5) is 2.99. The summed E-state index contributed by atoms with van der Waals surface area (Å²) in [6.07, 6.45) is 6.08. The number of aromatic amines is 1. The first-order valence-electron chi connectivity index (χ1n) is 3.73. The Hall–Kier alpha value is -0.760. The van der Waals surface area contributed by atoms with Crippen LogP contribution in [0.3, 0.4) is 0 Å². The molecule has 0 aromatic carbocycles. The van der Waals surface area contributed by atoms with Gasteiger partial charge in [-0.3, -0.25) is 0 Å². The average molecular weight is 138 g/mol. The quantitative estimate of drug-likeness (QED) is 0.657. The average Bonchev–Trinajstić information content (AvgIpc) is 2.38. The van der Waals surface area contributed by atoms with E-state index in [1.54, 1.807) is 0 Å². The highest BCUT2D eigenvalue weighted by Gasteiger charge is 2.02. The number of hydrogen-bond acceptors (Lipinski definition) is 1. The van der Waals surface area contributed by atoms with Crippen molar-refractivity contribution >= 4 is 0 Å². The lowest BCUT2D eigenvalue weighted by Gasteiger charge is -2.05.